The highest BCUT2D eigenvalue weighted by molar-refractivity contribution is 7.93. The molecule has 0 aliphatic heterocycles. The highest BCUT2D eigenvalue weighted by atomic mass is 35.5. The van der Waals surface area contributed by atoms with Crippen molar-refractivity contribution >= 4 is 55.1 Å². The van der Waals surface area contributed by atoms with E-state index in [1.165, 1.54) is 37.1 Å². The summed E-state index contributed by atoms with van der Waals surface area (Å²) in [5.74, 6) is -0.892. The summed E-state index contributed by atoms with van der Waals surface area (Å²) in [6.07, 6.45) is 14.8. The van der Waals surface area contributed by atoms with Gasteiger partial charge in [-0.3, -0.25) is 23.2 Å². The van der Waals surface area contributed by atoms with Crippen molar-refractivity contribution in [2.75, 3.05) is 16.3 Å². The molecule has 12 rings (SSSR count). The molecule has 2 aliphatic carbocycles. The smallest absolute Gasteiger partial charge is 0.235 e. The largest absolute Gasteiger partial charge is 0.399 e. The van der Waals surface area contributed by atoms with E-state index in [1.54, 1.807) is 64.7 Å². The Hall–Kier alpha value is -7.76. The molecule has 360 valence electrons. The van der Waals surface area contributed by atoms with Crippen LogP contribution >= 0.6 is 11.6 Å². The van der Waals surface area contributed by atoms with Gasteiger partial charge in [-0.25, -0.2) is 35.9 Å². The van der Waals surface area contributed by atoms with E-state index >= 15 is 0 Å². The minimum Gasteiger partial charge on any atom is -0.399 e. The average Bonchev–Trinajstić information content (AvgIpc) is 4.19. The van der Waals surface area contributed by atoms with Gasteiger partial charge in [-0.1, -0.05) is 12.1 Å². The third kappa shape index (κ3) is 10.4. The number of sulfonamides is 1. The van der Waals surface area contributed by atoms with Crippen molar-refractivity contribution in [1.29, 1.82) is 0 Å². The number of benzene rings is 6. The minimum absolute atomic E-state index is 0.161. The molecule has 3 N–H and O–H groups in total. The van der Waals surface area contributed by atoms with Crippen molar-refractivity contribution in [2.45, 2.75) is 30.9 Å². The molecule has 0 amide bonds. The topological polar surface area (TPSA) is 143 Å². The Morgan fingerprint density at radius 1 is 0.606 bits per heavy atom. The lowest BCUT2D eigenvalue weighted by Gasteiger charge is -2.14. The van der Waals surface area contributed by atoms with Crippen LogP contribution in [0.1, 0.15) is 25.7 Å². The summed E-state index contributed by atoms with van der Waals surface area (Å²) in [4.78, 5) is 9.06. The maximum atomic E-state index is 14.7. The lowest BCUT2D eigenvalue weighted by molar-refractivity contribution is 0.585. The molecule has 18 heteroatoms. The second kappa shape index (κ2) is 19.2. The lowest BCUT2D eigenvalue weighted by atomic mass is 10.0. The first-order chi connectivity index (χ1) is 34.2. The number of rotatable bonds is 10. The first-order valence-electron chi connectivity index (χ1n) is 22.6. The predicted molar refractivity (Wildman–Crippen MR) is 271 cm³/mol. The molecule has 2 saturated carbocycles. The molecule has 2 fully saturated rings. The number of imidazole rings is 2. The highest BCUT2D eigenvalue weighted by Gasteiger charge is 2.36. The summed E-state index contributed by atoms with van der Waals surface area (Å²) in [7, 11) is 0.168. The molecular weight excluding hydrogens is 952 g/mol. The van der Waals surface area contributed by atoms with Crippen LogP contribution in [0.5, 0.6) is 0 Å². The number of hydrogen-bond acceptors (Lipinski definition) is 7. The fourth-order valence-corrected chi connectivity index (χ4v) is 9.85. The SMILES string of the molecule is ClCC1CC1.Cn1cc(-c2ccc3c(c2)ncn3-c2cc(N)cc(-c3ccc(F)cc3F)c2)cn1.Cn1cc(-c2ccc3c(c2)ncn3-c2cc(NS(=O)(=O)C3CC3)cc(-c3ccc(F)cc3F)c2)cn1. The second-order valence-corrected chi connectivity index (χ2v) is 20.0. The van der Waals surface area contributed by atoms with Gasteiger partial charge in [0, 0.05) is 83.8 Å². The Labute approximate surface area is 411 Å². The van der Waals surface area contributed by atoms with E-state index in [0.717, 1.165) is 73.9 Å². The highest BCUT2D eigenvalue weighted by Crippen LogP contribution is 2.36. The third-order valence-corrected chi connectivity index (χ3v) is 14.5. The number of nitrogens with two attached hydrogens (primary N) is 1. The molecule has 0 saturated heterocycles. The van der Waals surface area contributed by atoms with Crippen molar-refractivity contribution in [3.8, 4) is 55.9 Å². The van der Waals surface area contributed by atoms with Gasteiger partial charge in [-0.2, -0.15) is 10.2 Å². The summed E-state index contributed by atoms with van der Waals surface area (Å²) in [6.45, 7) is 0. The summed E-state index contributed by atoms with van der Waals surface area (Å²) in [5.41, 5.74) is 16.8. The van der Waals surface area contributed by atoms with Gasteiger partial charge in [-0.05, 0) is 139 Å². The van der Waals surface area contributed by atoms with Crippen LogP contribution in [0.4, 0.5) is 28.9 Å². The molecule has 0 unspecified atom stereocenters. The summed E-state index contributed by atoms with van der Waals surface area (Å²) >= 11 is 5.40. The molecule has 71 heavy (non-hydrogen) atoms. The predicted octanol–water partition coefficient (Wildman–Crippen LogP) is 11.9. The fourth-order valence-electron chi connectivity index (χ4n) is 8.18. The van der Waals surface area contributed by atoms with E-state index in [-0.39, 0.29) is 11.1 Å². The molecule has 12 nitrogen and oxygen atoms in total. The minimum atomic E-state index is -3.55. The van der Waals surface area contributed by atoms with E-state index in [1.807, 2.05) is 78.1 Å². The van der Waals surface area contributed by atoms with Crippen LogP contribution in [0, 0.1) is 29.2 Å². The Balaban J connectivity index is 0.000000151. The Kier molecular flexibility index (Phi) is 12.7. The number of fused-ring (bicyclic) bond motifs is 2. The van der Waals surface area contributed by atoms with Crippen molar-refractivity contribution in [1.82, 2.24) is 38.7 Å². The number of halogens is 5. The van der Waals surface area contributed by atoms with Gasteiger partial charge in [0.1, 0.15) is 35.9 Å². The summed E-state index contributed by atoms with van der Waals surface area (Å²) in [5, 5.41) is 8.00. The van der Waals surface area contributed by atoms with Crippen LogP contribution in [-0.4, -0.2) is 58.2 Å². The van der Waals surface area contributed by atoms with Crippen molar-refractivity contribution < 1.29 is 26.0 Å². The average molecular weight is 998 g/mol. The van der Waals surface area contributed by atoms with Gasteiger partial charge in [0.2, 0.25) is 10.0 Å². The summed E-state index contributed by atoms with van der Waals surface area (Å²) in [6, 6.07) is 28.9. The monoisotopic (exact) mass is 996 g/mol. The molecule has 0 atom stereocenters. The number of aromatic nitrogens is 8. The standard InChI is InChI=1S/C26H21F2N5O2S.C23H17F2N5.C4H7Cl/c1-32-14-18(13-30-32)16-2-7-26-25(10-16)29-15-33(26)21-9-17(23-6-3-19(27)11-24(23)28)8-20(12-21)31-36(34,35)22-4-5-22;1-29-12-16(11-28-29)14-2-5-23-22(8-14)27-13-30(23)19-7-15(6-18(26)10-19)20-4-3-17(24)9-21(20)25;5-3-4-1-2-4/h2-3,6-15,22,31H,4-5H2,1H3;2-13H,26H2,1H3;4H,1-3H2. The Bertz CT molecular complexity index is 3730. The van der Waals surface area contributed by atoms with E-state index in [9.17, 15) is 26.0 Å². The first-order valence-corrected chi connectivity index (χ1v) is 24.7. The van der Waals surface area contributed by atoms with Crippen LogP contribution in [0.25, 0.3) is 77.9 Å². The van der Waals surface area contributed by atoms with E-state index in [2.05, 4.69) is 24.9 Å². The zero-order valence-electron chi connectivity index (χ0n) is 38.3. The van der Waals surface area contributed by atoms with Gasteiger partial charge in [0.05, 0.1) is 45.4 Å². The van der Waals surface area contributed by atoms with E-state index < -0.39 is 38.5 Å². The molecule has 4 heterocycles. The number of aryl methyl sites for hydroxylation is 2. The Morgan fingerprint density at radius 3 is 1.55 bits per heavy atom. The van der Waals surface area contributed by atoms with Crippen LogP contribution in [0.2, 0.25) is 0 Å². The number of anilines is 2. The zero-order chi connectivity index (χ0) is 49.6. The van der Waals surface area contributed by atoms with Crippen LogP contribution < -0.4 is 10.5 Å². The number of alkyl halides is 1. The van der Waals surface area contributed by atoms with Crippen molar-refractivity contribution in [3.05, 3.63) is 170 Å². The number of hydrogen-bond donors (Lipinski definition) is 2. The fraction of sp³-hybridized carbons (Fsp3) is 0.170. The van der Waals surface area contributed by atoms with Crippen LogP contribution in [0.3, 0.4) is 0 Å². The third-order valence-electron chi connectivity index (χ3n) is 12.2. The van der Waals surface area contributed by atoms with Gasteiger partial charge in [-0.15, -0.1) is 11.6 Å². The normalized spacial score (nSPS) is 13.5. The molecule has 2 aliphatic rings. The van der Waals surface area contributed by atoms with Crippen LogP contribution in [0.15, 0.2) is 147 Å². The quantitative estimate of drug-likeness (QED) is 0.0789. The molecule has 0 spiro atoms. The van der Waals surface area contributed by atoms with Gasteiger partial charge in [0.15, 0.2) is 0 Å². The van der Waals surface area contributed by atoms with E-state index in [0.29, 0.717) is 41.0 Å². The number of nitrogens with one attached hydrogen (secondary N) is 1. The molecule has 10 aromatic rings. The lowest BCUT2D eigenvalue weighted by Crippen LogP contribution is -2.17. The van der Waals surface area contributed by atoms with Gasteiger partial charge in [0.25, 0.3) is 0 Å². The van der Waals surface area contributed by atoms with Gasteiger partial charge >= 0.3 is 0 Å². The van der Waals surface area contributed by atoms with E-state index in [4.69, 9.17) is 17.3 Å². The summed E-state index contributed by atoms with van der Waals surface area (Å²) < 4.78 is 90.9. The molecular formula is C53H45ClF4N10O2S. The van der Waals surface area contributed by atoms with Gasteiger partial charge < -0.3 is 5.73 Å². The second-order valence-electron chi connectivity index (χ2n) is 17.7. The molecule has 6 aromatic carbocycles. The molecule has 0 radical (unpaired) electrons. The number of nitrogens with zero attached hydrogens (tertiary/aromatic N) is 8. The molecule has 4 aromatic heterocycles. The molecule has 0 bridgehead atoms. The zero-order valence-corrected chi connectivity index (χ0v) is 39.9. The van der Waals surface area contributed by atoms with Crippen LogP contribution in [-0.2, 0) is 24.1 Å². The number of nitrogen functional groups attached to an aromatic ring is 1. The Morgan fingerprint density at radius 2 is 1.11 bits per heavy atom. The maximum absolute atomic E-state index is 14.7. The van der Waals surface area contributed by atoms with Crippen molar-refractivity contribution in [2.24, 2.45) is 20.0 Å². The maximum Gasteiger partial charge on any atom is 0.235 e. The van der Waals surface area contributed by atoms with Crippen molar-refractivity contribution in [3.63, 3.8) is 0 Å². The first kappa shape index (κ1) is 46.9.